The van der Waals surface area contributed by atoms with E-state index < -0.39 is 66.2 Å². The van der Waals surface area contributed by atoms with Gasteiger partial charge in [-0.1, -0.05) is 50.9 Å². The van der Waals surface area contributed by atoms with Crippen molar-refractivity contribution in [2.75, 3.05) is 0 Å². The Bertz CT molecular complexity index is 1010. The summed E-state index contributed by atoms with van der Waals surface area (Å²) in [4.78, 5) is 9.95. The van der Waals surface area contributed by atoms with E-state index in [1.807, 2.05) is 0 Å². The van der Waals surface area contributed by atoms with Crippen LogP contribution in [0.5, 0.6) is 5.75 Å². The third-order valence-electron chi connectivity index (χ3n) is 3.24. The first kappa shape index (κ1) is 9.79. The summed E-state index contributed by atoms with van der Waals surface area (Å²) in [5.41, 5.74) is -8.41. The molecule has 0 spiro atoms. The molecule has 0 bridgehead atoms. The molecular weight excluding hydrogens is 335 g/mol. The molecule has 0 fully saturated rings. The Morgan fingerprint density at radius 1 is 1.12 bits per heavy atom. The molecule has 0 heterocycles. The van der Waals surface area contributed by atoms with Gasteiger partial charge in [0.15, 0.2) is 0 Å². The van der Waals surface area contributed by atoms with Gasteiger partial charge in [-0.3, -0.25) is 10.1 Å². The summed E-state index contributed by atoms with van der Waals surface area (Å²) in [6.45, 7) is -12.2. The van der Waals surface area contributed by atoms with Crippen molar-refractivity contribution in [2.45, 2.75) is 38.8 Å². The molecule has 0 saturated carbocycles. The highest BCUT2D eigenvalue weighted by Crippen LogP contribution is 2.43. The van der Waals surface area contributed by atoms with Gasteiger partial charge in [-0.25, -0.2) is 0 Å². The first-order chi connectivity index (χ1) is 15.2. The predicted molar refractivity (Wildman–Crippen MR) is 87.6 cm³/mol. The van der Waals surface area contributed by atoms with Crippen molar-refractivity contribution in [3.05, 3.63) is 69.3 Å². The van der Waals surface area contributed by atoms with Crippen LogP contribution in [-0.2, 0) is 18.2 Å². The monoisotopic (exact) mass is 362 g/mol. The van der Waals surface area contributed by atoms with E-state index in [2.05, 4.69) is 0 Å². The Kier molecular flexibility index (Phi) is 2.64. The van der Waals surface area contributed by atoms with Gasteiger partial charge in [0.25, 0.3) is 5.69 Å². The second-order valence-electron chi connectivity index (χ2n) is 5.14. The fraction of sp³-hybridized carbons (Fsp3) is 0.333. The number of benzene rings is 2. The normalized spacial score (nSPS) is 18.9. The quantitative estimate of drug-likeness (QED) is 0.534. The van der Waals surface area contributed by atoms with Crippen molar-refractivity contribution >= 4 is 5.69 Å². The molecule has 134 valence electrons. The van der Waals surface area contributed by atoms with Gasteiger partial charge in [0.2, 0.25) is 0 Å². The number of rotatable bonds is 4. The molecule has 0 radical (unpaired) electrons. The second kappa shape index (κ2) is 6.74. The number of ether oxygens (including phenoxy) is 1. The minimum atomic E-state index is -5.45. The third kappa shape index (κ3) is 4.49. The summed E-state index contributed by atoms with van der Waals surface area (Å²) in [5.74, 6) is -0.980. The van der Waals surface area contributed by atoms with Crippen LogP contribution in [0, 0.1) is 10.1 Å². The molecule has 0 saturated heterocycles. The van der Waals surface area contributed by atoms with Gasteiger partial charge in [-0.05, 0) is 17.0 Å². The minimum absolute atomic E-state index is 0.121. The van der Waals surface area contributed by atoms with E-state index in [0.29, 0.717) is 5.56 Å². The van der Waals surface area contributed by atoms with Crippen LogP contribution in [0.2, 0.25) is 0 Å². The van der Waals surface area contributed by atoms with Gasteiger partial charge in [-0.15, -0.1) is 0 Å². The number of hydrogen-bond donors (Lipinski definition) is 0. The fourth-order valence-corrected chi connectivity index (χ4v) is 2.09. The van der Waals surface area contributed by atoms with E-state index in [-0.39, 0.29) is 12.1 Å². The van der Waals surface area contributed by atoms with Crippen molar-refractivity contribution in [1.82, 2.24) is 0 Å². The van der Waals surface area contributed by atoms with Gasteiger partial charge < -0.3 is 4.74 Å². The van der Waals surface area contributed by atoms with Gasteiger partial charge in [-0.2, -0.15) is 13.2 Å². The van der Waals surface area contributed by atoms with E-state index in [1.54, 1.807) is 18.2 Å². The third-order valence-corrected chi connectivity index (χ3v) is 3.24. The Balaban J connectivity index is 3.02. The maximum absolute atomic E-state index is 13.7. The molecule has 2 aromatic carbocycles. The zero-order valence-corrected chi connectivity index (χ0v) is 12.6. The molecule has 0 N–H and O–H groups in total. The highest BCUT2D eigenvalue weighted by molar-refractivity contribution is 5.54. The van der Waals surface area contributed by atoms with E-state index >= 15 is 0 Å². The number of halogens is 3. The Morgan fingerprint density at radius 3 is 2.28 bits per heavy atom. The average molecular weight is 362 g/mol. The first-order valence-electron chi connectivity index (χ1n) is 11.3. The summed E-state index contributed by atoms with van der Waals surface area (Å²) in [6, 6.07) is 7.84. The number of nitrogens with zero attached hydrogens (tertiary/aromatic N) is 1. The lowest BCUT2D eigenvalue weighted by atomic mass is 9.85. The molecule has 25 heavy (non-hydrogen) atoms. The van der Waals surface area contributed by atoms with Crippen molar-refractivity contribution in [2.24, 2.45) is 0 Å². The molecule has 4 nitrogen and oxygen atoms in total. The largest absolute Gasteiger partial charge is 0.488 e. The predicted octanol–water partition coefficient (Wildman–Crippen LogP) is 5.49. The van der Waals surface area contributed by atoms with Crippen LogP contribution < -0.4 is 4.74 Å². The molecule has 7 heteroatoms. The number of alkyl halides is 3. The molecule has 0 aliphatic heterocycles. The lowest BCUT2D eigenvalue weighted by molar-refractivity contribution is -0.388. The molecule has 0 amide bonds. The van der Waals surface area contributed by atoms with E-state index in [1.165, 1.54) is 12.1 Å². The molecule has 0 aliphatic rings. The highest BCUT2D eigenvalue weighted by atomic mass is 19.4. The summed E-state index contributed by atoms with van der Waals surface area (Å²) in [6.07, 6.45) is -5.45. The van der Waals surface area contributed by atoms with Crippen molar-refractivity contribution in [3.63, 3.8) is 0 Å². The Hall–Kier alpha value is -2.57. The average Bonchev–Trinajstić information content (AvgIpc) is 2.63. The summed E-state index contributed by atoms with van der Waals surface area (Å²) < 4.78 is 116. The van der Waals surface area contributed by atoms with Gasteiger partial charge in [0.05, 0.1) is 11.0 Å². The van der Waals surface area contributed by atoms with Crippen LogP contribution in [0.25, 0.3) is 0 Å². The van der Waals surface area contributed by atoms with Crippen LogP contribution in [0.4, 0.5) is 18.9 Å². The lowest BCUT2D eigenvalue weighted by Crippen LogP contribution is -2.17. The maximum atomic E-state index is 13.7. The minimum Gasteiger partial charge on any atom is -0.488 e. The molecule has 0 aliphatic carbocycles. The van der Waals surface area contributed by atoms with Gasteiger partial charge in [0, 0.05) is 17.9 Å². The van der Waals surface area contributed by atoms with E-state index in [4.69, 9.17) is 17.1 Å². The summed E-state index contributed by atoms with van der Waals surface area (Å²) in [5, 5.41) is 11.4. The van der Waals surface area contributed by atoms with Crippen LogP contribution in [-0.4, -0.2) is 4.92 Å². The van der Waals surface area contributed by atoms with Crippen molar-refractivity contribution in [3.8, 4) is 5.75 Å². The van der Waals surface area contributed by atoms with Crippen molar-refractivity contribution < 1.29 is 35.2 Å². The lowest BCUT2D eigenvalue weighted by Gasteiger charge is -2.24. The van der Waals surface area contributed by atoms with E-state index in [9.17, 15) is 23.3 Å². The molecule has 0 unspecified atom stereocenters. The molecule has 2 aromatic rings. The van der Waals surface area contributed by atoms with E-state index in [0.717, 1.165) is 0 Å². The maximum Gasteiger partial charge on any atom is 0.423 e. The molecule has 2 rings (SSSR count). The smallest absolute Gasteiger partial charge is 0.423 e. The Morgan fingerprint density at radius 2 is 1.76 bits per heavy atom. The zero-order chi connectivity index (χ0) is 26.3. The molecule has 0 aromatic heterocycles. The van der Waals surface area contributed by atoms with Crippen LogP contribution in [0.3, 0.4) is 0 Å². The van der Waals surface area contributed by atoms with Gasteiger partial charge in [0.1, 0.15) is 17.9 Å². The van der Waals surface area contributed by atoms with Crippen LogP contribution in [0.1, 0.15) is 49.6 Å². The SMILES string of the molecule is [2H]C([2H])([2H])C(c1cc(C(F)(F)F)c([N+](=O)[O-])cc1OCc1ccccc1)(C([2H])([2H])[2H])C([2H])([2H])[2H]. The number of nitro groups is 1. The Labute approximate surface area is 156 Å². The number of hydrogen-bond acceptors (Lipinski definition) is 3. The topological polar surface area (TPSA) is 52.4 Å². The first-order valence-corrected chi connectivity index (χ1v) is 6.82. The van der Waals surface area contributed by atoms with Crippen LogP contribution >= 0.6 is 0 Å². The standard InChI is InChI=1S/C18H18F3NO3/c1-17(2,3)14-9-13(18(19,20)21)15(22(23)24)10-16(14)25-11-12-7-5-4-6-8-12/h4-10H,11H2,1-3H3/i1D3,2D3,3D3. The van der Waals surface area contributed by atoms with Crippen LogP contribution in [0.15, 0.2) is 42.5 Å². The second-order valence-corrected chi connectivity index (χ2v) is 5.14. The number of nitro benzene ring substituents is 1. The zero-order valence-electron chi connectivity index (χ0n) is 21.6. The summed E-state index contributed by atoms with van der Waals surface area (Å²) >= 11 is 0. The molecular formula is C18H18F3NO3. The van der Waals surface area contributed by atoms with Gasteiger partial charge >= 0.3 is 6.18 Å². The van der Waals surface area contributed by atoms with Crippen molar-refractivity contribution in [1.29, 1.82) is 0 Å². The fourth-order valence-electron chi connectivity index (χ4n) is 2.09. The molecule has 0 atom stereocenters. The summed E-state index contributed by atoms with van der Waals surface area (Å²) in [7, 11) is 0. The highest BCUT2D eigenvalue weighted by Gasteiger charge is 2.40.